The topological polar surface area (TPSA) is 30.5 Å². The van der Waals surface area contributed by atoms with E-state index >= 15 is 0 Å². The van der Waals surface area contributed by atoms with E-state index < -0.39 is 0 Å². The van der Waals surface area contributed by atoms with E-state index in [0.29, 0.717) is 12.0 Å². The van der Waals surface area contributed by atoms with Crippen molar-refractivity contribution < 1.29 is 9.47 Å². The standard InChI is InChI=1S/C17H27NO2/c1-12(2)15-11-17(20-4)16(19-3)10-13(15)9-14-7-5-6-8-18-14/h10-12,14,18H,5-9H2,1-4H3. The van der Waals surface area contributed by atoms with E-state index in [-0.39, 0.29) is 0 Å². The van der Waals surface area contributed by atoms with E-state index in [9.17, 15) is 0 Å². The summed E-state index contributed by atoms with van der Waals surface area (Å²) in [5.41, 5.74) is 2.76. The molecule has 1 atom stereocenters. The van der Waals surface area contributed by atoms with Crippen molar-refractivity contribution in [3.8, 4) is 11.5 Å². The van der Waals surface area contributed by atoms with Crippen LogP contribution in [0.5, 0.6) is 11.5 Å². The summed E-state index contributed by atoms with van der Waals surface area (Å²) in [6.45, 7) is 5.62. The van der Waals surface area contributed by atoms with Crippen molar-refractivity contribution in [3.05, 3.63) is 23.3 Å². The van der Waals surface area contributed by atoms with Gasteiger partial charge in [0.05, 0.1) is 14.2 Å². The first-order valence-electron chi connectivity index (χ1n) is 7.64. The lowest BCUT2D eigenvalue weighted by atomic mass is 9.90. The third-order valence-electron chi connectivity index (χ3n) is 4.15. The molecule has 1 saturated heterocycles. The molecule has 1 aromatic rings. The third kappa shape index (κ3) is 3.45. The SMILES string of the molecule is COc1cc(CC2CCCCN2)c(C(C)C)cc1OC. The van der Waals surface area contributed by atoms with Crippen molar-refractivity contribution in [3.63, 3.8) is 0 Å². The molecule has 1 heterocycles. The zero-order chi connectivity index (χ0) is 14.5. The molecule has 0 saturated carbocycles. The Morgan fingerprint density at radius 1 is 1.15 bits per heavy atom. The molecular formula is C17H27NO2. The Kier molecular flexibility index (Phi) is 5.30. The maximum absolute atomic E-state index is 5.46. The highest BCUT2D eigenvalue weighted by atomic mass is 16.5. The minimum atomic E-state index is 0.494. The molecule has 1 unspecified atom stereocenters. The first kappa shape index (κ1) is 15.2. The minimum Gasteiger partial charge on any atom is -0.493 e. The van der Waals surface area contributed by atoms with Crippen LogP contribution in [0.3, 0.4) is 0 Å². The monoisotopic (exact) mass is 277 g/mol. The van der Waals surface area contributed by atoms with Gasteiger partial charge in [-0.25, -0.2) is 0 Å². The number of benzene rings is 1. The first-order valence-corrected chi connectivity index (χ1v) is 7.64. The van der Waals surface area contributed by atoms with Gasteiger partial charge in [-0.3, -0.25) is 0 Å². The lowest BCUT2D eigenvalue weighted by Gasteiger charge is -2.26. The number of rotatable bonds is 5. The molecule has 0 aliphatic carbocycles. The average Bonchev–Trinajstić information content (AvgIpc) is 2.47. The second-order valence-electron chi connectivity index (χ2n) is 5.91. The van der Waals surface area contributed by atoms with Crippen molar-refractivity contribution in [1.82, 2.24) is 5.32 Å². The van der Waals surface area contributed by atoms with Gasteiger partial charge in [-0.1, -0.05) is 20.3 Å². The van der Waals surface area contributed by atoms with Crippen LogP contribution in [0.4, 0.5) is 0 Å². The molecule has 1 N–H and O–H groups in total. The predicted molar refractivity (Wildman–Crippen MR) is 83.0 cm³/mol. The molecule has 0 bridgehead atoms. The van der Waals surface area contributed by atoms with Crippen molar-refractivity contribution in [2.75, 3.05) is 20.8 Å². The molecule has 3 heteroatoms. The fraction of sp³-hybridized carbons (Fsp3) is 0.647. The number of methoxy groups -OCH3 is 2. The van der Waals surface area contributed by atoms with Crippen LogP contribution in [0.25, 0.3) is 0 Å². The van der Waals surface area contributed by atoms with Gasteiger partial charge in [-0.15, -0.1) is 0 Å². The van der Waals surface area contributed by atoms with Gasteiger partial charge in [0.15, 0.2) is 11.5 Å². The Balaban J connectivity index is 2.28. The molecule has 1 aromatic carbocycles. The van der Waals surface area contributed by atoms with Gasteiger partial charge in [0.25, 0.3) is 0 Å². The smallest absolute Gasteiger partial charge is 0.161 e. The maximum Gasteiger partial charge on any atom is 0.161 e. The molecule has 3 nitrogen and oxygen atoms in total. The second-order valence-corrected chi connectivity index (χ2v) is 5.91. The van der Waals surface area contributed by atoms with E-state index in [1.807, 2.05) is 0 Å². The van der Waals surface area contributed by atoms with Gasteiger partial charge in [0.1, 0.15) is 0 Å². The lowest BCUT2D eigenvalue weighted by molar-refractivity contribution is 0.352. The summed E-state index contributed by atoms with van der Waals surface area (Å²) in [7, 11) is 3.40. The van der Waals surface area contributed by atoms with E-state index in [0.717, 1.165) is 24.5 Å². The van der Waals surface area contributed by atoms with E-state index in [4.69, 9.17) is 9.47 Å². The van der Waals surface area contributed by atoms with Crippen molar-refractivity contribution in [2.24, 2.45) is 0 Å². The summed E-state index contributed by atoms with van der Waals surface area (Å²) < 4.78 is 10.9. The number of ether oxygens (including phenoxy) is 2. The minimum absolute atomic E-state index is 0.494. The molecule has 1 aliphatic heterocycles. The highest BCUT2D eigenvalue weighted by molar-refractivity contribution is 5.48. The maximum atomic E-state index is 5.46. The van der Waals surface area contributed by atoms with Crippen LogP contribution in [-0.2, 0) is 6.42 Å². The van der Waals surface area contributed by atoms with Crippen molar-refractivity contribution >= 4 is 0 Å². The van der Waals surface area contributed by atoms with Gasteiger partial charge >= 0.3 is 0 Å². The molecule has 0 spiro atoms. The van der Waals surface area contributed by atoms with Gasteiger partial charge in [-0.05, 0) is 55.0 Å². The molecule has 1 fully saturated rings. The van der Waals surface area contributed by atoms with Crippen molar-refractivity contribution in [1.29, 1.82) is 0 Å². The average molecular weight is 277 g/mol. The van der Waals surface area contributed by atoms with E-state index in [1.165, 1.54) is 30.4 Å². The molecule has 1 aliphatic rings. The van der Waals surface area contributed by atoms with Crippen LogP contribution in [0.2, 0.25) is 0 Å². The highest BCUT2D eigenvalue weighted by Crippen LogP contribution is 2.34. The Labute approximate surface area is 122 Å². The van der Waals surface area contributed by atoms with Crippen LogP contribution in [-0.4, -0.2) is 26.8 Å². The van der Waals surface area contributed by atoms with Crippen LogP contribution in [0.1, 0.15) is 50.2 Å². The Morgan fingerprint density at radius 2 is 1.85 bits per heavy atom. The van der Waals surface area contributed by atoms with Gasteiger partial charge < -0.3 is 14.8 Å². The zero-order valence-corrected chi connectivity index (χ0v) is 13.2. The van der Waals surface area contributed by atoms with Crippen molar-refractivity contribution in [2.45, 2.75) is 51.5 Å². The summed E-state index contributed by atoms with van der Waals surface area (Å²) in [6.07, 6.45) is 4.99. The molecule has 20 heavy (non-hydrogen) atoms. The number of piperidine rings is 1. The zero-order valence-electron chi connectivity index (χ0n) is 13.2. The van der Waals surface area contributed by atoms with Gasteiger partial charge in [-0.2, -0.15) is 0 Å². The second kappa shape index (κ2) is 6.98. The molecular weight excluding hydrogens is 250 g/mol. The molecule has 0 aromatic heterocycles. The van der Waals surface area contributed by atoms with Gasteiger partial charge in [0, 0.05) is 6.04 Å². The normalized spacial score (nSPS) is 19.1. The Bertz CT molecular complexity index is 437. The Hall–Kier alpha value is -1.22. The van der Waals surface area contributed by atoms with E-state index in [2.05, 4.69) is 31.3 Å². The molecule has 0 radical (unpaired) electrons. The van der Waals surface area contributed by atoms with Gasteiger partial charge in [0.2, 0.25) is 0 Å². The fourth-order valence-corrected chi connectivity index (χ4v) is 3.01. The number of hydrogen-bond donors (Lipinski definition) is 1. The molecule has 2 rings (SSSR count). The largest absolute Gasteiger partial charge is 0.493 e. The Morgan fingerprint density at radius 3 is 2.40 bits per heavy atom. The summed E-state index contributed by atoms with van der Waals surface area (Å²) >= 11 is 0. The summed E-state index contributed by atoms with van der Waals surface area (Å²) in [5, 5.41) is 3.63. The van der Waals surface area contributed by atoms with Crippen LogP contribution >= 0.6 is 0 Å². The quantitative estimate of drug-likeness (QED) is 0.893. The lowest BCUT2D eigenvalue weighted by Crippen LogP contribution is -2.35. The number of nitrogens with one attached hydrogen (secondary N) is 1. The third-order valence-corrected chi connectivity index (χ3v) is 4.15. The highest BCUT2D eigenvalue weighted by Gasteiger charge is 2.18. The first-order chi connectivity index (χ1) is 9.65. The van der Waals surface area contributed by atoms with Crippen LogP contribution < -0.4 is 14.8 Å². The number of hydrogen-bond acceptors (Lipinski definition) is 3. The van der Waals surface area contributed by atoms with Crippen LogP contribution in [0, 0.1) is 0 Å². The van der Waals surface area contributed by atoms with E-state index in [1.54, 1.807) is 14.2 Å². The molecule has 112 valence electrons. The van der Waals surface area contributed by atoms with Crippen LogP contribution in [0.15, 0.2) is 12.1 Å². The summed E-state index contributed by atoms with van der Waals surface area (Å²) in [5.74, 6) is 2.16. The molecule has 0 amide bonds. The fourth-order valence-electron chi connectivity index (χ4n) is 3.01. The summed E-state index contributed by atoms with van der Waals surface area (Å²) in [6, 6.07) is 4.89. The predicted octanol–water partition coefficient (Wildman–Crippen LogP) is 3.51. The summed E-state index contributed by atoms with van der Waals surface area (Å²) in [4.78, 5) is 0.